The number of para-hydroxylation sites is 1. The Morgan fingerprint density at radius 3 is 2.11 bits per heavy atom. The van der Waals surface area contributed by atoms with Crippen molar-refractivity contribution < 1.29 is 17.9 Å². The second-order valence-electron chi connectivity index (χ2n) is 8.96. The van der Waals surface area contributed by atoms with Gasteiger partial charge in [0.1, 0.15) is 18.9 Å². The van der Waals surface area contributed by atoms with Gasteiger partial charge in [-0.3, -0.25) is 9.10 Å². The SMILES string of the molecule is CC(C)c1ccc(N(CC(=O)NCCOc2ccccc2C(C)C)S(=O)(=O)c2ccccc2)cc1. The first-order chi connectivity index (χ1) is 16.7. The van der Waals surface area contributed by atoms with Crippen molar-refractivity contribution in [2.24, 2.45) is 0 Å². The molecule has 3 aromatic carbocycles. The van der Waals surface area contributed by atoms with E-state index >= 15 is 0 Å². The molecule has 0 aliphatic rings. The van der Waals surface area contributed by atoms with Crippen molar-refractivity contribution in [3.63, 3.8) is 0 Å². The number of hydrogen-bond acceptors (Lipinski definition) is 4. The first-order valence-corrected chi connectivity index (χ1v) is 13.3. The highest BCUT2D eigenvalue weighted by Crippen LogP contribution is 2.27. The molecule has 35 heavy (non-hydrogen) atoms. The molecular weight excluding hydrogens is 460 g/mol. The highest BCUT2D eigenvalue weighted by atomic mass is 32.2. The van der Waals surface area contributed by atoms with E-state index in [1.54, 1.807) is 30.3 Å². The van der Waals surface area contributed by atoms with E-state index in [9.17, 15) is 13.2 Å². The topological polar surface area (TPSA) is 75.7 Å². The van der Waals surface area contributed by atoms with Gasteiger partial charge in [-0.1, -0.05) is 76.2 Å². The van der Waals surface area contributed by atoms with Gasteiger partial charge in [-0.2, -0.15) is 0 Å². The van der Waals surface area contributed by atoms with Gasteiger partial charge >= 0.3 is 0 Å². The van der Waals surface area contributed by atoms with Crippen LogP contribution in [-0.2, 0) is 14.8 Å². The molecule has 0 radical (unpaired) electrons. The van der Waals surface area contributed by atoms with Crippen molar-refractivity contribution in [3.8, 4) is 5.75 Å². The molecule has 0 aromatic heterocycles. The van der Waals surface area contributed by atoms with E-state index in [1.165, 1.54) is 12.1 Å². The van der Waals surface area contributed by atoms with E-state index in [2.05, 4.69) is 33.0 Å². The van der Waals surface area contributed by atoms with Gasteiger partial charge in [0.2, 0.25) is 5.91 Å². The van der Waals surface area contributed by atoms with E-state index in [4.69, 9.17) is 4.74 Å². The molecular formula is C28H34N2O4S. The minimum atomic E-state index is -3.93. The summed E-state index contributed by atoms with van der Waals surface area (Å²) in [5.74, 6) is 1.01. The monoisotopic (exact) mass is 494 g/mol. The van der Waals surface area contributed by atoms with Crippen LogP contribution >= 0.6 is 0 Å². The summed E-state index contributed by atoms with van der Waals surface area (Å²) in [6.45, 7) is 8.55. The Morgan fingerprint density at radius 1 is 0.857 bits per heavy atom. The molecule has 7 heteroatoms. The van der Waals surface area contributed by atoms with Gasteiger partial charge in [0, 0.05) is 0 Å². The molecule has 3 aromatic rings. The molecule has 0 saturated heterocycles. The fraction of sp³-hybridized carbons (Fsp3) is 0.321. The molecule has 1 amide bonds. The Bertz CT molecular complexity index is 1210. The maximum Gasteiger partial charge on any atom is 0.264 e. The number of hydrogen-bond donors (Lipinski definition) is 1. The highest BCUT2D eigenvalue weighted by Gasteiger charge is 2.27. The van der Waals surface area contributed by atoms with E-state index in [0.29, 0.717) is 17.5 Å². The Balaban J connectivity index is 1.71. The minimum Gasteiger partial charge on any atom is -0.491 e. The van der Waals surface area contributed by atoms with Crippen LogP contribution in [0.1, 0.15) is 50.7 Å². The van der Waals surface area contributed by atoms with Crippen LogP contribution in [0.25, 0.3) is 0 Å². The molecule has 1 N–H and O–H groups in total. The zero-order valence-electron chi connectivity index (χ0n) is 20.8. The number of rotatable bonds is 11. The normalized spacial score (nSPS) is 11.5. The van der Waals surface area contributed by atoms with Crippen molar-refractivity contribution in [2.45, 2.75) is 44.4 Å². The quantitative estimate of drug-likeness (QED) is 0.366. The number of carbonyl (C=O) groups excluding carboxylic acids is 1. The molecule has 0 unspecified atom stereocenters. The zero-order valence-corrected chi connectivity index (χ0v) is 21.6. The molecule has 0 aliphatic carbocycles. The number of nitrogens with zero attached hydrogens (tertiary/aromatic N) is 1. The molecule has 0 fully saturated rings. The average molecular weight is 495 g/mol. The Kier molecular flexibility index (Phi) is 8.93. The van der Waals surface area contributed by atoms with Crippen LogP contribution < -0.4 is 14.4 Å². The standard InChI is InChI=1S/C28H34N2O4S/c1-21(2)23-14-16-24(17-15-23)30(35(32,33)25-10-6-5-7-11-25)20-28(31)29-18-19-34-27-13-9-8-12-26(27)22(3)4/h5-17,21-22H,18-20H2,1-4H3,(H,29,31). The first-order valence-electron chi connectivity index (χ1n) is 11.9. The molecule has 0 atom stereocenters. The van der Waals surface area contributed by atoms with E-state index in [1.807, 2.05) is 36.4 Å². The number of amides is 1. The Morgan fingerprint density at radius 2 is 1.49 bits per heavy atom. The summed E-state index contributed by atoms with van der Waals surface area (Å²) in [5, 5.41) is 2.78. The fourth-order valence-corrected chi connectivity index (χ4v) is 5.13. The second kappa shape index (κ2) is 11.9. The number of carbonyl (C=O) groups is 1. The summed E-state index contributed by atoms with van der Waals surface area (Å²) in [5.41, 5.74) is 2.63. The number of benzene rings is 3. The van der Waals surface area contributed by atoms with Crippen LogP contribution in [0.5, 0.6) is 5.75 Å². The summed E-state index contributed by atoms with van der Waals surface area (Å²) in [4.78, 5) is 12.9. The predicted molar refractivity (Wildman–Crippen MR) is 141 cm³/mol. The highest BCUT2D eigenvalue weighted by molar-refractivity contribution is 7.92. The third-order valence-electron chi connectivity index (χ3n) is 5.69. The van der Waals surface area contributed by atoms with E-state index in [-0.39, 0.29) is 24.6 Å². The summed E-state index contributed by atoms with van der Waals surface area (Å²) < 4.78 is 33.9. The summed E-state index contributed by atoms with van der Waals surface area (Å²) in [7, 11) is -3.93. The molecule has 0 bridgehead atoms. The van der Waals surface area contributed by atoms with Gasteiger partial charge in [-0.05, 0) is 53.3 Å². The molecule has 186 valence electrons. The lowest BCUT2D eigenvalue weighted by atomic mass is 10.0. The third-order valence-corrected chi connectivity index (χ3v) is 7.48. The maximum absolute atomic E-state index is 13.4. The van der Waals surface area contributed by atoms with Crippen molar-refractivity contribution in [1.82, 2.24) is 5.32 Å². The number of ether oxygens (including phenoxy) is 1. The van der Waals surface area contributed by atoms with Crippen molar-refractivity contribution in [2.75, 3.05) is 24.0 Å². The molecule has 0 spiro atoms. The summed E-state index contributed by atoms with van der Waals surface area (Å²) in [6.07, 6.45) is 0. The predicted octanol–water partition coefficient (Wildman–Crippen LogP) is 5.32. The van der Waals surface area contributed by atoms with Gasteiger partial charge in [0.25, 0.3) is 10.0 Å². The van der Waals surface area contributed by atoms with Gasteiger partial charge < -0.3 is 10.1 Å². The molecule has 3 rings (SSSR count). The van der Waals surface area contributed by atoms with E-state index in [0.717, 1.165) is 21.2 Å². The van der Waals surface area contributed by atoms with Crippen molar-refractivity contribution >= 4 is 21.6 Å². The lowest BCUT2D eigenvalue weighted by Crippen LogP contribution is -2.42. The van der Waals surface area contributed by atoms with Gasteiger partial charge in [0.05, 0.1) is 17.1 Å². The van der Waals surface area contributed by atoms with Crippen LogP contribution in [0.2, 0.25) is 0 Å². The second-order valence-corrected chi connectivity index (χ2v) is 10.8. The van der Waals surface area contributed by atoms with Crippen LogP contribution in [0.3, 0.4) is 0 Å². The summed E-state index contributed by atoms with van der Waals surface area (Å²) >= 11 is 0. The third kappa shape index (κ3) is 6.85. The average Bonchev–Trinajstić information content (AvgIpc) is 2.86. The van der Waals surface area contributed by atoms with Crippen LogP contribution in [-0.4, -0.2) is 34.0 Å². The van der Waals surface area contributed by atoms with Gasteiger partial charge in [-0.15, -0.1) is 0 Å². The zero-order chi connectivity index (χ0) is 25.4. The van der Waals surface area contributed by atoms with Crippen molar-refractivity contribution in [3.05, 3.63) is 90.0 Å². The number of anilines is 1. The van der Waals surface area contributed by atoms with Gasteiger partial charge in [0.15, 0.2) is 0 Å². The van der Waals surface area contributed by atoms with Crippen molar-refractivity contribution in [1.29, 1.82) is 0 Å². The van der Waals surface area contributed by atoms with Crippen LogP contribution in [0.15, 0.2) is 83.8 Å². The molecule has 0 saturated carbocycles. The Hall–Kier alpha value is -3.32. The number of nitrogens with one attached hydrogen (secondary N) is 1. The fourth-order valence-electron chi connectivity index (χ4n) is 3.69. The largest absolute Gasteiger partial charge is 0.491 e. The lowest BCUT2D eigenvalue weighted by Gasteiger charge is -2.24. The first kappa shape index (κ1) is 26.3. The maximum atomic E-state index is 13.4. The molecule has 6 nitrogen and oxygen atoms in total. The van der Waals surface area contributed by atoms with Crippen LogP contribution in [0.4, 0.5) is 5.69 Å². The molecule has 0 heterocycles. The smallest absolute Gasteiger partial charge is 0.264 e. The Labute approximate surface area is 209 Å². The van der Waals surface area contributed by atoms with E-state index < -0.39 is 15.9 Å². The van der Waals surface area contributed by atoms with Gasteiger partial charge in [-0.25, -0.2) is 8.42 Å². The van der Waals surface area contributed by atoms with Crippen LogP contribution in [0, 0.1) is 0 Å². The number of sulfonamides is 1. The summed E-state index contributed by atoms with van der Waals surface area (Å²) in [6, 6.07) is 23.2. The minimum absolute atomic E-state index is 0.134. The molecule has 0 aliphatic heterocycles. The lowest BCUT2D eigenvalue weighted by molar-refractivity contribution is -0.119.